The number of hydrogen-bond acceptors (Lipinski definition) is 4. The third-order valence-electron chi connectivity index (χ3n) is 3.78. The number of nitrogens with one attached hydrogen (secondary N) is 1. The molecule has 0 aliphatic carbocycles. The van der Waals surface area contributed by atoms with Crippen LogP contribution in [0.5, 0.6) is 0 Å². The molecule has 1 amide bonds. The molecule has 1 fully saturated rings. The van der Waals surface area contributed by atoms with Gasteiger partial charge in [0.2, 0.25) is 10.0 Å². The Morgan fingerprint density at radius 2 is 2.05 bits per heavy atom. The average molecular weight is 326 g/mol. The lowest BCUT2D eigenvalue weighted by Gasteiger charge is -2.32. The van der Waals surface area contributed by atoms with Crippen molar-refractivity contribution in [1.29, 1.82) is 0 Å². The fourth-order valence-electron chi connectivity index (χ4n) is 2.43. The van der Waals surface area contributed by atoms with Crippen LogP contribution in [0.4, 0.5) is 5.69 Å². The molecule has 0 aromatic heterocycles. The van der Waals surface area contributed by atoms with Crippen molar-refractivity contribution in [3.05, 3.63) is 29.8 Å². The molecule has 1 heterocycles. The maximum absolute atomic E-state index is 12.4. The number of methoxy groups -OCH3 is 1. The summed E-state index contributed by atoms with van der Waals surface area (Å²) in [7, 11) is -1.64. The Morgan fingerprint density at radius 1 is 1.36 bits per heavy atom. The predicted octanol–water partition coefficient (Wildman–Crippen LogP) is 1.70. The highest BCUT2D eigenvalue weighted by Gasteiger charge is 2.24. The molecule has 0 radical (unpaired) electrons. The van der Waals surface area contributed by atoms with E-state index in [1.54, 1.807) is 43.2 Å². The van der Waals surface area contributed by atoms with Crippen molar-refractivity contribution >= 4 is 21.6 Å². The van der Waals surface area contributed by atoms with Gasteiger partial charge in [0.05, 0.1) is 11.9 Å². The lowest BCUT2D eigenvalue weighted by Crippen LogP contribution is -2.42. The number of ether oxygens (including phenoxy) is 1. The molecule has 1 aliphatic heterocycles. The second-order valence-electron chi connectivity index (χ2n) is 5.33. The lowest BCUT2D eigenvalue weighted by atomic mass is 10.1. The molecule has 1 N–H and O–H groups in total. The summed E-state index contributed by atoms with van der Waals surface area (Å²) < 4.78 is 30.8. The molecular weight excluding hydrogens is 304 g/mol. The van der Waals surface area contributed by atoms with E-state index in [2.05, 4.69) is 4.72 Å². The van der Waals surface area contributed by atoms with Gasteiger partial charge in [-0.2, -0.15) is 0 Å². The summed E-state index contributed by atoms with van der Waals surface area (Å²) in [6.45, 7) is 2.89. The number of benzene rings is 1. The Hall–Kier alpha value is -1.60. The summed E-state index contributed by atoms with van der Waals surface area (Å²) in [4.78, 5) is 14.2. The van der Waals surface area contributed by atoms with Gasteiger partial charge < -0.3 is 9.64 Å². The van der Waals surface area contributed by atoms with Crippen molar-refractivity contribution in [3.8, 4) is 0 Å². The summed E-state index contributed by atoms with van der Waals surface area (Å²) in [5.74, 6) is -0.0356. The van der Waals surface area contributed by atoms with Crippen LogP contribution >= 0.6 is 0 Å². The van der Waals surface area contributed by atoms with Crippen LogP contribution in [0.3, 0.4) is 0 Å². The second-order valence-corrected chi connectivity index (χ2v) is 7.34. The first-order valence-electron chi connectivity index (χ1n) is 7.38. The molecule has 22 heavy (non-hydrogen) atoms. The summed E-state index contributed by atoms with van der Waals surface area (Å²) in [5.41, 5.74) is 1.02. The van der Waals surface area contributed by atoms with E-state index in [4.69, 9.17) is 4.74 Å². The quantitative estimate of drug-likeness (QED) is 0.893. The number of rotatable bonds is 5. The maximum atomic E-state index is 12.4. The van der Waals surface area contributed by atoms with Gasteiger partial charge in [-0.05, 0) is 44.0 Å². The van der Waals surface area contributed by atoms with Crippen molar-refractivity contribution in [2.24, 2.45) is 0 Å². The molecule has 1 saturated heterocycles. The third kappa shape index (κ3) is 4.20. The largest absolute Gasteiger partial charge is 0.380 e. The average Bonchev–Trinajstić information content (AvgIpc) is 2.54. The SMILES string of the molecule is CCS(=O)(=O)Nc1ccc(C(=O)N2CCCC(OC)C2)cc1. The van der Waals surface area contributed by atoms with Gasteiger partial charge in [-0.15, -0.1) is 0 Å². The molecule has 2 rings (SSSR count). The van der Waals surface area contributed by atoms with Crippen LogP contribution in [0, 0.1) is 0 Å². The van der Waals surface area contributed by atoms with E-state index in [1.807, 2.05) is 0 Å². The minimum atomic E-state index is -3.30. The first-order chi connectivity index (χ1) is 10.4. The molecule has 1 atom stereocenters. The Bertz CT molecular complexity index is 613. The van der Waals surface area contributed by atoms with Crippen LogP contribution in [0.1, 0.15) is 30.1 Å². The number of sulfonamides is 1. The number of nitrogens with zero attached hydrogens (tertiary/aromatic N) is 1. The van der Waals surface area contributed by atoms with Crippen molar-refractivity contribution in [2.75, 3.05) is 30.7 Å². The zero-order valence-corrected chi connectivity index (χ0v) is 13.7. The third-order valence-corrected chi connectivity index (χ3v) is 5.09. The van der Waals surface area contributed by atoms with Crippen molar-refractivity contribution < 1.29 is 17.9 Å². The van der Waals surface area contributed by atoms with Gasteiger partial charge in [-0.25, -0.2) is 8.42 Å². The fraction of sp³-hybridized carbons (Fsp3) is 0.533. The summed E-state index contributed by atoms with van der Waals surface area (Å²) in [6, 6.07) is 6.51. The maximum Gasteiger partial charge on any atom is 0.253 e. The Labute approximate surface area is 131 Å². The fourth-order valence-corrected chi connectivity index (χ4v) is 3.07. The van der Waals surface area contributed by atoms with Gasteiger partial charge in [-0.3, -0.25) is 9.52 Å². The van der Waals surface area contributed by atoms with Gasteiger partial charge in [0, 0.05) is 31.5 Å². The smallest absolute Gasteiger partial charge is 0.253 e. The van der Waals surface area contributed by atoms with Crippen LogP contribution in [0.2, 0.25) is 0 Å². The number of amides is 1. The molecule has 0 spiro atoms. The highest BCUT2D eigenvalue weighted by Crippen LogP contribution is 2.17. The van der Waals surface area contributed by atoms with Gasteiger partial charge >= 0.3 is 0 Å². The zero-order valence-electron chi connectivity index (χ0n) is 12.9. The van der Waals surface area contributed by atoms with Crippen LogP contribution < -0.4 is 4.72 Å². The normalized spacial score (nSPS) is 19.0. The summed E-state index contributed by atoms with van der Waals surface area (Å²) >= 11 is 0. The number of hydrogen-bond donors (Lipinski definition) is 1. The summed E-state index contributed by atoms with van der Waals surface area (Å²) in [6.07, 6.45) is 1.99. The molecule has 7 heteroatoms. The van der Waals surface area contributed by atoms with E-state index in [1.165, 1.54) is 0 Å². The molecule has 122 valence electrons. The first kappa shape index (κ1) is 16.8. The Balaban J connectivity index is 2.05. The van der Waals surface area contributed by atoms with E-state index in [0.29, 0.717) is 17.8 Å². The first-order valence-corrected chi connectivity index (χ1v) is 9.03. The highest BCUT2D eigenvalue weighted by atomic mass is 32.2. The molecule has 1 unspecified atom stereocenters. The van der Waals surface area contributed by atoms with E-state index in [9.17, 15) is 13.2 Å². The van der Waals surface area contributed by atoms with Gasteiger partial charge in [-0.1, -0.05) is 0 Å². The van der Waals surface area contributed by atoms with Crippen LogP contribution in [0.25, 0.3) is 0 Å². The Morgan fingerprint density at radius 3 is 2.64 bits per heavy atom. The standard InChI is InChI=1S/C15H22N2O4S/c1-3-22(19,20)16-13-8-6-12(7-9-13)15(18)17-10-4-5-14(11-17)21-2/h6-9,14,16H,3-5,10-11H2,1-2H3. The molecule has 1 aromatic carbocycles. The van der Waals surface area contributed by atoms with Crippen LogP contribution in [-0.2, 0) is 14.8 Å². The number of piperidine rings is 1. The molecule has 1 aliphatic rings. The van der Waals surface area contributed by atoms with Gasteiger partial charge in [0.25, 0.3) is 5.91 Å². The second kappa shape index (κ2) is 7.11. The molecule has 0 saturated carbocycles. The highest BCUT2D eigenvalue weighted by molar-refractivity contribution is 7.92. The Kier molecular flexibility index (Phi) is 5.42. The van der Waals surface area contributed by atoms with Crippen molar-refractivity contribution in [1.82, 2.24) is 4.90 Å². The minimum absolute atomic E-state index is 0.0138. The number of carbonyl (C=O) groups excluding carboxylic acids is 1. The monoisotopic (exact) mass is 326 g/mol. The van der Waals surface area contributed by atoms with Crippen LogP contribution in [0.15, 0.2) is 24.3 Å². The number of carbonyl (C=O) groups is 1. The van der Waals surface area contributed by atoms with E-state index in [-0.39, 0.29) is 17.8 Å². The molecular formula is C15H22N2O4S. The zero-order chi connectivity index (χ0) is 16.2. The van der Waals surface area contributed by atoms with Crippen molar-refractivity contribution in [3.63, 3.8) is 0 Å². The number of anilines is 1. The van der Waals surface area contributed by atoms with E-state index >= 15 is 0 Å². The van der Waals surface area contributed by atoms with Gasteiger partial charge in [0.1, 0.15) is 0 Å². The van der Waals surface area contributed by atoms with Crippen molar-refractivity contribution in [2.45, 2.75) is 25.9 Å². The number of likely N-dealkylation sites (tertiary alicyclic amines) is 1. The van der Waals surface area contributed by atoms with E-state index in [0.717, 1.165) is 19.4 Å². The van der Waals surface area contributed by atoms with Crippen LogP contribution in [-0.4, -0.2) is 51.3 Å². The van der Waals surface area contributed by atoms with Gasteiger partial charge in [0.15, 0.2) is 0 Å². The minimum Gasteiger partial charge on any atom is -0.380 e. The molecule has 0 bridgehead atoms. The lowest BCUT2D eigenvalue weighted by molar-refractivity contribution is 0.0269. The molecule has 1 aromatic rings. The topological polar surface area (TPSA) is 75.7 Å². The molecule has 6 nitrogen and oxygen atoms in total. The predicted molar refractivity (Wildman–Crippen MR) is 85.5 cm³/mol. The van der Waals surface area contributed by atoms with E-state index < -0.39 is 10.0 Å². The summed E-state index contributed by atoms with van der Waals surface area (Å²) in [5, 5.41) is 0.